The van der Waals surface area contributed by atoms with E-state index < -0.39 is 0 Å². The Morgan fingerprint density at radius 3 is 2.81 bits per heavy atom. The molecule has 0 aliphatic carbocycles. The van der Waals surface area contributed by atoms with Gasteiger partial charge in [-0.2, -0.15) is 0 Å². The van der Waals surface area contributed by atoms with E-state index in [9.17, 15) is 9.59 Å². The summed E-state index contributed by atoms with van der Waals surface area (Å²) in [6.07, 6.45) is 2.91. The van der Waals surface area contributed by atoms with Crippen LogP contribution in [-0.2, 0) is 11.2 Å². The number of hydrogen-bond donors (Lipinski definition) is 4. The van der Waals surface area contributed by atoms with Crippen LogP contribution in [0.4, 0.5) is 4.79 Å². The Bertz CT molecular complexity index is 825. The van der Waals surface area contributed by atoms with E-state index in [1.54, 1.807) is 7.05 Å². The van der Waals surface area contributed by atoms with Gasteiger partial charge in [-0.3, -0.25) is 14.7 Å². The number of aliphatic imine (C=N–C) groups is 1. The number of rotatable bonds is 6. The van der Waals surface area contributed by atoms with Crippen molar-refractivity contribution in [1.82, 2.24) is 25.8 Å². The summed E-state index contributed by atoms with van der Waals surface area (Å²) < 4.78 is 0. The van der Waals surface area contributed by atoms with Crippen molar-refractivity contribution in [2.45, 2.75) is 13.3 Å². The molecule has 0 atom stereocenters. The van der Waals surface area contributed by atoms with Crippen LogP contribution < -0.4 is 16.0 Å². The minimum atomic E-state index is -0.339. The zero-order valence-corrected chi connectivity index (χ0v) is 15.1. The van der Waals surface area contributed by atoms with Crippen molar-refractivity contribution >= 4 is 28.8 Å². The number of nitrogens with one attached hydrogen (secondary N) is 4. The van der Waals surface area contributed by atoms with E-state index in [-0.39, 0.29) is 18.5 Å². The summed E-state index contributed by atoms with van der Waals surface area (Å²) in [5.74, 6) is 0.447. The third kappa shape index (κ3) is 3.79. The van der Waals surface area contributed by atoms with E-state index in [2.05, 4.69) is 51.0 Å². The van der Waals surface area contributed by atoms with Crippen LogP contribution in [0.25, 0.3) is 10.9 Å². The lowest BCUT2D eigenvalue weighted by Gasteiger charge is -2.15. The molecule has 1 aromatic heterocycles. The maximum Gasteiger partial charge on any atom is 0.324 e. The van der Waals surface area contributed by atoms with Crippen molar-refractivity contribution in [3.63, 3.8) is 0 Å². The molecule has 0 radical (unpaired) electrons. The molecule has 0 saturated carbocycles. The molecular formula is C18H24N6O2. The third-order valence-electron chi connectivity index (χ3n) is 4.48. The first kappa shape index (κ1) is 17.8. The number of aryl methyl sites for hydroxylation is 1. The molecule has 0 bridgehead atoms. The lowest BCUT2D eigenvalue weighted by atomic mass is 10.1. The number of aromatic nitrogens is 1. The molecule has 2 aromatic rings. The monoisotopic (exact) mass is 356 g/mol. The molecule has 4 N–H and O–H groups in total. The summed E-state index contributed by atoms with van der Waals surface area (Å²) in [6.45, 7) is 3.66. The van der Waals surface area contributed by atoms with Gasteiger partial charge in [-0.1, -0.05) is 18.2 Å². The normalized spacial score (nSPS) is 14.8. The quantitative estimate of drug-likeness (QED) is 0.348. The number of carbonyl (C=O) groups excluding carboxylic acids is 2. The number of H-pyrrole nitrogens is 1. The number of imide groups is 1. The smallest absolute Gasteiger partial charge is 0.324 e. The highest BCUT2D eigenvalue weighted by atomic mass is 16.2. The van der Waals surface area contributed by atoms with Crippen molar-refractivity contribution in [3.8, 4) is 0 Å². The first-order valence-electron chi connectivity index (χ1n) is 8.68. The summed E-state index contributed by atoms with van der Waals surface area (Å²) in [5, 5.41) is 10.1. The maximum absolute atomic E-state index is 11.5. The molecule has 1 saturated heterocycles. The summed E-state index contributed by atoms with van der Waals surface area (Å²) in [5.41, 5.74) is 3.67. The molecule has 8 nitrogen and oxygen atoms in total. The van der Waals surface area contributed by atoms with E-state index in [1.807, 2.05) is 6.20 Å². The Kier molecular flexibility index (Phi) is 5.40. The van der Waals surface area contributed by atoms with Crippen molar-refractivity contribution in [1.29, 1.82) is 0 Å². The van der Waals surface area contributed by atoms with Crippen molar-refractivity contribution < 1.29 is 9.59 Å². The largest absolute Gasteiger partial charge is 0.361 e. The average molecular weight is 356 g/mol. The molecule has 0 unspecified atom stereocenters. The lowest BCUT2D eigenvalue weighted by Crippen LogP contribution is -2.43. The molecule has 0 spiro atoms. The van der Waals surface area contributed by atoms with E-state index in [0.29, 0.717) is 19.0 Å². The number of carbonyl (C=O) groups is 2. The van der Waals surface area contributed by atoms with Gasteiger partial charge in [0.25, 0.3) is 0 Å². The highest BCUT2D eigenvalue weighted by molar-refractivity contribution is 6.02. The van der Waals surface area contributed by atoms with Crippen LogP contribution in [0.1, 0.15) is 11.1 Å². The van der Waals surface area contributed by atoms with Crippen LogP contribution in [-0.4, -0.2) is 61.0 Å². The zero-order chi connectivity index (χ0) is 18.5. The Balaban J connectivity index is 1.46. The molecule has 1 fully saturated rings. The summed E-state index contributed by atoms with van der Waals surface area (Å²) in [7, 11) is 1.69. The number of urea groups is 1. The second kappa shape index (κ2) is 7.90. The Labute approximate surface area is 152 Å². The van der Waals surface area contributed by atoms with Crippen molar-refractivity contribution in [3.05, 3.63) is 35.5 Å². The predicted octanol–water partition coefficient (Wildman–Crippen LogP) is 0.736. The number of fused-ring (bicyclic) bond motifs is 1. The van der Waals surface area contributed by atoms with Gasteiger partial charge < -0.3 is 20.9 Å². The fraction of sp³-hybridized carbons (Fsp3) is 0.389. The number of hydrogen-bond acceptors (Lipinski definition) is 3. The van der Waals surface area contributed by atoms with Crippen LogP contribution in [0.3, 0.4) is 0 Å². The van der Waals surface area contributed by atoms with Gasteiger partial charge in [0, 0.05) is 43.8 Å². The molecule has 1 aromatic carbocycles. The van der Waals surface area contributed by atoms with E-state index in [0.717, 1.165) is 13.0 Å². The van der Waals surface area contributed by atoms with E-state index >= 15 is 0 Å². The number of aromatic amines is 1. The van der Waals surface area contributed by atoms with E-state index in [4.69, 9.17) is 0 Å². The summed E-state index contributed by atoms with van der Waals surface area (Å²) >= 11 is 0. The molecule has 8 heteroatoms. The molecule has 3 amide bonds. The number of benzene rings is 1. The highest BCUT2D eigenvalue weighted by Gasteiger charge is 2.27. The minimum Gasteiger partial charge on any atom is -0.361 e. The molecule has 3 rings (SSSR count). The average Bonchev–Trinajstić information content (AvgIpc) is 3.19. The van der Waals surface area contributed by atoms with Gasteiger partial charge in [-0.25, -0.2) is 4.79 Å². The van der Waals surface area contributed by atoms with Crippen LogP contribution in [0.2, 0.25) is 0 Å². The highest BCUT2D eigenvalue weighted by Crippen LogP contribution is 2.21. The van der Waals surface area contributed by atoms with Crippen LogP contribution in [0.5, 0.6) is 0 Å². The topological polar surface area (TPSA) is 102 Å². The van der Waals surface area contributed by atoms with Gasteiger partial charge in [0.15, 0.2) is 5.96 Å². The molecular weight excluding hydrogens is 332 g/mol. The first-order chi connectivity index (χ1) is 12.6. The number of amides is 3. The minimum absolute atomic E-state index is 0.0793. The van der Waals surface area contributed by atoms with Crippen LogP contribution in [0.15, 0.2) is 29.4 Å². The fourth-order valence-electron chi connectivity index (χ4n) is 3.07. The van der Waals surface area contributed by atoms with E-state index in [1.165, 1.54) is 26.9 Å². The maximum atomic E-state index is 11.5. The standard InChI is InChI=1S/C18H24N6O2/c1-12-4-3-5-14-13(10-22-16(12)14)6-7-20-17(19-2)21-8-9-24-15(25)11-23-18(24)26/h3-5,10,22H,6-9,11H2,1-2H3,(H,23,26)(H2,19,20,21). The van der Waals surface area contributed by atoms with Crippen molar-refractivity contribution in [2.24, 2.45) is 4.99 Å². The number of nitrogens with zero attached hydrogens (tertiary/aromatic N) is 2. The van der Waals surface area contributed by atoms with Crippen LogP contribution >= 0.6 is 0 Å². The van der Waals surface area contributed by atoms with Gasteiger partial charge >= 0.3 is 6.03 Å². The zero-order valence-electron chi connectivity index (χ0n) is 15.1. The third-order valence-corrected chi connectivity index (χ3v) is 4.48. The second-order valence-corrected chi connectivity index (χ2v) is 6.19. The molecule has 138 valence electrons. The van der Waals surface area contributed by atoms with Crippen molar-refractivity contribution in [2.75, 3.05) is 33.2 Å². The lowest BCUT2D eigenvalue weighted by molar-refractivity contribution is -0.124. The predicted molar refractivity (Wildman–Crippen MR) is 101 cm³/mol. The van der Waals surface area contributed by atoms with Gasteiger partial charge in [0.05, 0.1) is 6.54 Å². The molecule has 1 aliphatic heterocycles. The van der Waals surface area contributed by atoms with Gasteiger partial charge in [-0.15, -0.1) is 0 Å². The van der Waals surface area contributed by atoms with Gasteiger partial charge in [0.1, 0.15) is 0 Å². The van der Waals surface area contributed by atoms with Crippen LogP contribution in [0, 0.1) is 6.92 Å². The summed E-state index contributed by atoms with van der Waals surface area (Å²) in [6, 6.07) is 5.95. The Morgan fingerprint density at radius 1 is 1.27 bits per heavy atom. The summed E-state index contributed by atoms with van der Waals surface area (Å²) in [4.78, 5) is 31.7. The Morgan fingerprint density at radius 2 is 2.08 bits per heavy atom. The molecule has 2 heterocycles. The molecule has 26 heavy (non-hydrogen) atoms. The number of para-hydroxylation sites is 1. The Hall–Kier alpha value is -3.03. The van der Waals surface area contributed by atoms with Gasteiger partial charge in [0.2, 0.25) is 5.91 Å². The SMILES string of the molecule is CN=C(NCCc1c[nH]c2c(C)cccc12)NCCN1C(=O)CNC1=O. The first-order valence-corrected chi connectivity index (χ1v) is 8.68. The fourth-order valence-corrected chi connectivity index (χ4v) is 3.07. The molecule has 1 aliphatic rings. The number of guanidine groups is 1. The van der Waals surface area contributed by atoms with Gasteiger partial charge in [-0.05, 0) is 24.5 Å². The second-order valence-electron chi connectivity index (χ2n) is 6.19.